The zero-order valence-corrected chi connectivity index (χ0v) is 21.5. The Morgan fingerprint density at radius 1 is 0.868 bits per heavy atom. The fourth-order valence-electron chi connectivity index (χ4n) is 3.65. The second-order valence-corrected chi connectivity index (χ2v) is 8.75. The van der Waals surface area contributed by atoms with Crippen LogP contribution in [0.25, 0.3) is 12.2 Å². The highest BCUT2D eigenvalue weighted by Crippen LogP contribution is 2.13. The summed E-state index contributed by atoms with van der Waals surface area (Å²) in [7, 11) is 0. The third-order valence-corrected chi connectivity index (χ3v) is 5.66. The molecule has 0 saturated heterocycles. The van der Waals surface area contributed by atoms with Gasteiger partial charge in [0.2, 0.25) is 0 Å². The van der Waals surface area contributed by atoms with Crippen LogP contribution in [0.2, 0.25) is 0 Å². The van der Waals surface area contributed by atoms with Crippen LogP contribution in [-0.4, -0.2) is 53.6 Å². The number of ether oxygens (including phenoxy) is 2. The molecule has 3 rings (SSSR count). The van der Waals surface area contributed by atoms with E-state index in [9.17, 15) is 15.0 Å². The Balaban J connectivity index is 1.41. The number of para-hydroxylation sites is 1. The molecule has 0 radical (unpaired) electrons. The monoisotopic (exact) mass is 513 g/mol. The number of hydrogen-bond acceptors (Lipinski definition) is 6. The van der Waals surface area contributed by atoms with Crippen molar-refractivity contribution in [3.8, 4) is 5.75 Å². The molecule has 0 heterocycles. The second-order valence-electron chi connectivity index (χ2n) is 8.75. The van der Waals surface area contributed by atoms with E-state index >= 15 is 0 Å². The van der Waals surface area contributed by atoms with E-state index in [1.807, 2.05) is 54.6 Å². The first-order valence-corrected chi connectivity index (χ1v) is 12.6. The molecule has 0 aromatic heterocycles. The number of carbonyl (C=O) groups is 1. The minimum atomic E-state index is -0.910. The molecule has 0 spiro atoms. The maximum absolute atomic E-state index is 11.9. The SMILES string of the molecule is C=Cc1ccc(CN(CCO)Cc2ccc(/C=C/C=C/C(=O)OCC(O)COc3ccccc3)cc2)cc1. The van der Waals surface area contributed by atoms with Crippen LogP contribution in [0.1, 0.15) is 22.3 Å². The lowest BCUT2D eigenvalue weighted by atomic mass is 10.1. The molecule has 0 aliphatic rings. The van der Waals surface area contributed by atoms with Crippen LogP contribution >= 0.6 is 0 Å². The number of allylic oxidation sites excluding steroid dienone is 2. The second kappa shape index (κ2) is 16.0. The van der Waals surface area contributed by atoms with Crippen LogP contribution in [0, 0.1) is 0 Å². The van der Waals surface area contributed by atoms with E-state index < -0.39 is 12.1 Å². The molecule has 1 atom stereocenters. The first-order valence-electron chi connectivity index (χ1n) is 12.6. The van der Waals surface area contributed by atoms with Crippen molar-refractivity contribution in [2.75, 3.05) is 26.4 Å². The third kappa shape index (κ3) is 10.6. The first-order chi connectivity index (χ1) is 18.6. The summed E-state index contributed by atoms with van der Waals surface area (Å²) in [6.07, 6.45) is 7.48. The highest BCUT2D eigenvalue weighted by molar-refractivity contribution is 5.82. The lowest BCUT2D eigenvalue weighted by molar-refractivity contribution is -0.141. The van der Waals surface area contributed by atoms with E-state index in [-0.39, 0.29) is 19.8 Å². The molecule has 38 heavy (non-hydrogen) atoms. The van der Waals surface area contributed by atoms with Gasteiger partial charge in [-0.15, -0.1) is 0 Å². The number of nitrogens with zero attached hydrogens (tertiary/aromatic N) is 1. The Bertz CT molecular complexity index is 1170. The zero-order chi connectivity index (χ0) is 27.0. The molecule has 0 fully saturated rings. The van der Waals surface area contributed by atoms with Crippen molar-refractivity contribution in [2.24, 2.45) is 0 Å². The minimum Gasteiger partial charge on any atom is -0.491 e. The molecule has 0 amide bonds. The normalized spacial score (nSPS) is 12.2. The summed E-state index contributed by atoms with van der Waals surface area (Å²) in [4.78, 5) is 14.1. The molecule has 2 N–H and O–H groups in total. The van der Waals surface area contributed by atoms with Gasteiger partial charge in [0, 0.05) is 25.7 Å². The van der Waals surface area contributed by atoms with Gasteiger partial charge < -0.3 is 19.7 Å². The van der Waals surface area contributed by atoms with Crippen LogP contribution < -0.4 is 4.74 Å². The molecule has 6 nitrogen and oxygen atoms in total. The predicted octanol–water partition coefficient (Wildman–Crippen LogP) is 4.88. The Morgan fingerprint density at radius 3 is 2.11 bits per heavy atom. The topological polar surface area (TPSA) is 79.2 Å². The molecule has 0 bridgehead atoms. The van der Waals surface area contributed by atoms with Crippen molar-refractivity contribution in [1.82, 2.24) is 4.90 Å². The first kappa shape index (κ1) is 28.6. The summed E-state index contributed by atoms with van der Waals surface area (Å²) >= 11 is 0. The summed E-state index contributed by atoms with van der Waals surface area (Å²) in [6.45, 7) is 5.84. The molecule has 0 aliphatic heterocycles. The van der Waals surface area contributed by atoms with Gasteiger partial charge in [0.1, 0.15) is 25.1 Å². The number of aliphatic hydroxyl groups excluding tert-OH is 2. The number of aliphatic hydroxyl groups is 2. The van der Waals surface area contributed by atoms with Gasteiger partial charge in [-0.2, -0.15) is 0 Å². The van der Waals surface area contributed by atoms with Crippen molar-refractivity contribution in [2.45, 2.75) is 19.2 Å². The van der Waals surface area contributed by atoms with Gasteiger partial charge in [0.15, 0.2) is 0 Å². The van der Waals surface area contributed by atoms with Crippen molar-refractivity contribution >= 4 is 18.1 Å². The fraction of sp³-hybridized carbons (Fsp3) is 0.219. The summed E-state index contributed by atoms with van der Waals surface area (Å²) in [5.74, 6) is 0.111. The predicted molar refractivity (Wildman–Crippen MR) is 151 cm³/mol. The molecular formula is C32H35NO5. The number of rotatable bonds is 15. The van der Waals surface area contributed by atoms with Gasteiger partial charge in [-0.3, -0.25) is 4.90 Å². The zero-order valence-electron chi connectivity index (χ0n) is 21.5. The number of carbonyl (C=O) groups excluding carboxylic acids is 1. The quantitative estimate of drug-likeness (QED) is 0.171. The van der Waals surface area contributed by atoms with E-state index in [2.05, 4.69) is 35.7 Å². The maximum Gasteiger partial charge on any atom is 0.330 e. The van der Waals surface area contributed by atoms with Gasteiger partial charge in [0.05, 0.1) is 6.61 Å². The van der Waals surface area contributed by atoms with Crippen LogP contribution in [0.4, 0.5) is 0 Å². The molecule has 3 aromatic rings. The van der Waals surface area contributed by atoms with Gasteiger partial charge in [-0.05, 0) is 34.4 Å². The fourth-order valence-corrected chi connectivity index (χ4v) is 3.65. The maximum atomic E-state index is 11.9. The lowest BCUT2D eigenvalue weighted by Gasteiger charge is -2.21. The van der Waals surface area contributed by atoms with Gasteiger partial charge >= 0.3 is 5.97 Å². The Morgan fingerprint density at radius 2 is 1.50 bits per heavy atom. The highest BCUT2D eigenvalue weighted by atomic mass is 16.5. The number of benzene rings is 3. The molecule has 198 valence electrons. The molecule has 0 saturated carbocycles. The smallest absolute Gasteiger partial charge is 0.330 e. The Hall–Kier alpha value is -3.97. The van der Waals surface area contributed by atoms with Crippen molar-refractivity contribution in [3.05, 3.63) is 126 Å². The molecule has 6 heteroatoms. The van der Waals surface area contributed by atoms with Crippen LogP contribution in [-0.2, 0) is 22.6 Å². The van der Waals surface area contributed by atoms with Crippen LogP contribution in [0.15, 0.2) is 104 Å². The standard InChI is InChI=1S/C32H35NO5/c1-2-26-12-16-28(17-13-26)22-33(20-21-34)23-29-18-14-27(15-19-29)8-6-7-11-32(36)38-25-30(35)24-37-31-9-4-3-5-10-31/h2-19,30,34-35H,1,20-25H2/b8-6+,11-7+. The van der Waals surface area contributed by atoms with E-state index in [0.717, 1.165) is 29.8 Å². The molecule has 3 aromatic carbocycles. The van der Waals surface area contributed by atoms with Crippen molar-refractivity contribution in [3.63, 3.8) is 0 Å². The Labute approximate surface area is 224 Å². The molecule has 1 unspecified atom stereocenters. The average molecular weight is 514 g/mol. The van der Waals surface area contributed by atoms with E-state index in [0.29, 0.717) is 12.3 Å². The third-order valence-electron chi connectivity index (χ3n) is 5.66. The Kier molecular flexibility index (Phi) is 12.0. The van der Waals surface area contributed by atoms with Gasteiger partial charge in [0.25, 0.3) is 0 Å². The minimum absolute atomic E-state index is 0.0392. The molecular weight excluding hydrogens is 478 g/mol. The van der Waals surface area contributed by atoms with Gasteiger partial charge in [-0.1, -0.05) is 97.6 Å². The summed E-state index contributed by atoms with van der Waals surface area (Å²) in [5.41, 5.74) is 4.41. The van der Waals surface area contributed by atoms with Gasteiger partial charge in [-0.25, -0.2) is 4.79 Å². The van der Waals surface area contributed by atoms with Crippen LogP contribution in [0.3, 0.4) is 0 Å². The molecule has 0 aliphatic carbocycles. The summed E-state index contributed by atoms with van der Waals surface area (Å²) < 4.78 is 10.5. The number of hydrogen-bond donors (Lipinski definition) is 2. The lowest BCUT2D eigenvalue weighted by Crippen LogP contribution is -2.26. The van der Waals surface area contributed by atoms with E-state index in [1.54, 1.807) is 24.3 Å². The van der Waals surface area contributed by atoms with Crippen molar-refractivity contribution < 1.29 is 24.5 Å². The van der Waals surface area contributed by atoms with Crippen molar-refractivity contribution in [1.29, 1.82) is 0 Å². The largest absolute Gasteiger partial charge is 0.491 e. The summed E-state index contributed by atoms with van der Waals surface area (Å²) in [6, 6.07) is 25.5. The summed E-state index contributed by atoms with van der Waals surface area (Å²) in [5, 5.41) is 19.4. The van der Waals surface area contributed by atoms with Crippen LogP contribution in [0.5, 0.6) is 5.75 Å². The van der Waals surface area contributed by atoms with E-state index in [1.165, 1.54) is 11.6 Å². The highest BCUT2D eigenvalue weighted by Gasteiger charge is 2.09. The number of esters is 1. The van der Waals surface area contributed by atoms with E-state index in [4.69, 9.17) is 9.47 Å². The average Bonchev–Trinajstić information content (AvgIpc) is 2.95.